The largest absolute Gasteiger partial charge is 0.469 e. The van der Waals surface area contributed by atoms with Gasteiger partial charge in [0.2, 0.25) is 0 Å². The molecule has 0 aliphatic rings. The summed E-state index contributed by atoms with van der Waals surface area (Å²) < 4.78 is 31.2. The molecule has 17 heavy (non-hydrogen) atoms. The number of aliphatic hydroxyl groups excluding tert-OH is 1. The fraction of sp³-hybridized carbons (Fsp3) is 0.231. The first-order chi connectivity index (χ1) is 8.11. The van der Waals surface area contributed by atoms with Crippen LogP contribution in [0.15, 0.2) is 34.9 Å². The lowest BCUT2D eigenvalue weighted by Crippen LogP contribution is -2.02. The van der Waals surface area contributed by atoms with Crippen LogP contribution in [0.4, 0.5) is 8.78 Å². The average molecular weight is 238 g/mol. The summed E-state index contributed by atoms with van der Waals surface area (Å²) in [7, 11) is 0. The van der Waals surface area contributed by atoms with Gasteiger partial charge in [-0.1, -0.05) is 6.92 Å². The van der Waals surface area contributed by atoms with E-state index in [1.807, 2.05) is 6.92 Å². The maximum absolute atomic E-state index is 13.0. The van der Waals surface area contributed by atoms with Crippen LogP contribution in [0.1, 0.15) is 29.9 Å². The van der Waals surface area contributed by atoms with E-state index in [4.69, 9.17) is 4.42 Å². The van der Waals surface area contributed by atoms with Crippen LogP contribution < -0.4 is 0 Å². The molecule has 1 aromatic carbocycles. The van der Waals surface area contributed by atoms with Crippen molar-refractivity contribution in [3.05, 3.63) is 59.1 Å². The molecular weight excluding hydrogens is 226 g/mol. The maximum atomic E-state index is 13.0. The van der Waals surface area contributed by atoms with Crippen molar-refractivity contribution in [1.29, 1.82) is 0 Å². The smallest absolute Gasteiger partial charge is 0.126 e. The Morgan fingerprint density at radius 1 is 1.24 bits per heavy atom. The van der Waals surface area contributed by atoms with Gasteiger partial charge in [-0.2, -0.15) is 0 Å². The molecule has 1 atom stereocenters. The zero-order valence-electron chi connectivity index (χ0n) is 9.28. The molecule has 0 radical (unpaired) electrons. The molecule has 0 bridgehead atoms. The van der Waals surface area contributed by atoms with Crippen molar-refractivity contribution in [3.8, 4) is 0 Å². The molecule has 4 heteroatoms. The van der Waals surface area contributed by atoms with Crippen molar-refractivity contribution < 1.29 is 18.3 Å². The normalized spacial score (nSPS) is 12.7. The van der Waals surface area contributed by atoms with E-state index in [0.717, 1.165) is 18.2 Å². The summed E-state index contributed by atoms with van der Waals surface area (Å²) in [4.78, 5) is 0. The lowest BCUT2D eigenvalue weighted by Gasteiger charge is -2.11. The van der Waals surface area contributed by atoms with Crippen molar-refractivity contribution in [3.63, 3.8) is 0 Å². The number of rotatable bonds is 3. The maximum Gasteiger partial charge on any atom is 0.126 e. The third kappa shape index (κ3) is 2.36. The molecule has 2 nitrogen and oxygen atoms in total. The molecular formula is C13H12F2O2. The summed E-state index contributed by atoms with van der Waals surface area (Å²) in [5, 5.41) is 10.0. The molecule has 1 aromatic heterocycles. The minimum atomic E-state index is -1.08. The Morgan fingerprint density at radius 3 is 2.47 bits per heavy atom. The highest BCUT2D eigenvalue weighted by Crippen LogP contribution is 2.27. The van der Waals surface area contributed by atoms with E-state index >= 15 is 0 Å². The Balaban J connectivity index is 2.39. The van der Waals surface area contributed by atoms with Gasteiger partial charge < -0.3 is 9.52 Å². The molecule has 0 amide bonds. The van der Waals surface area contributed by atoms with E-state index in [1.54, 1.807) is 6.07 Å². The fourth-order valence-electron chi connectivity index (χ4n) is 1.79. The third-order valence-electron chi connectivity index (χ3n) is 2.60. The lowest BCUT2D eigenvalue weighted by molar-refractivity contribution is 0.216. The monoisotopic (exact) mass is 238 g/mol. The molecule has 1 unspecified atom stereocenters. The highest BCUT2D eigenvalue weighted by atomic mass is 19.1. The van der Waals surface area contributed by atoms with E-state index in [1.165, 1.54) is 6.26 Å². The van der Waals surface area contributed by atoms with E-state index in [2.05, 4.69) is 0 Å². The number of hydrogen-bond acceptors (Lipinski definition) is 2. The van der Waals surface area contributed by atoms with Crippen molar-refractivity contribution in [2.45, 2.75) is 19.4 Å². The molecule has 0 aliphatic carbocycles. The standard InChI is InChI=1S/C13H12F2O2/c1-2-12-11(3-4-17-12)13(16)8-5-9(14)7-10(15)6-8/h3-7,13,16H,2H2,1H3. The van der Waals surface area contributed by atoms with E-state index < -0.39 is 17.7 Å². The average Bonchev–Trinajstić information content (AvgIpc) is 2.74. The topological polar surface area (TPSA) is 33.4 Å². The predicted octanol–water partition coefficient (Wildman–Crippen LogP) is 3.20. The van der Waals surface area contributed by atoms with Crippen LogP contribution in [-0.4, -0.2) is 5.11 Å². The highest BCUT2D eigenvalue weighted by Gasteiger charge is 2.17. The van der Waals surface area contributed by atoms with Crippen LogP contribution in [-0.2, 0) is 6.42 Å². The Hall–Kier alpha value is -1.68. The highest BCUT2D eigenvalue weighted by molar-refractivity contribution is 5.32. The first-order valence-corrected chi connectivity index (χ1v) is 5.32. The first-order valence-electron chi connectivity index (χ1n) is 5.32. The second-order valence-electron chi connectivity index (χ2n) is 3.76. The molecule has 0 saturated carbocycles. The second kappa shape index (κ2) is 4.67. The van der Waals surface area contributed by atoms with Crippen molar-refractivity contribution in [2.24, 2.45) is 0 Å². The van der Waals surface area contributed by atoms with Crippen molar-refractivity contribution in [2.75, 3.05) is 0 Å². The Kier molecular flexibility index (Phi) is 3.24. The molecule has 1 heterocycles. The third-order valence-corrected chi connectivity index (χ3v) is 2.60. The summed E-state index contributed by atoms with van der Waals surface area (Å²) in [5.74, 6) is -0.802. The van der Waals surface area contributed by atoms with Gasteiger partial charge in [0.15, 0.2) is 0 Å². The van der Waals surface area contributed by atoms with Gasteiger partial charge in [-0.25, -0.2) is 8.78 Å². The van der Waals surface area contributed by atoms with Gasteiger partial charge in [0, 0.05) is 18.1 Å². The molecule has 90 valence electrons. The molecule has 0 spiro atoms. The van der Waals surface area contributed by atoms with Gasteiger partial charge in [0.1, 0.15) is 23.5 Å². The first kappa shape index (κ1) is 11.8. The van der Waals surface area contributed by atoms with E-state index in [0.29, 0.717) is 17.7 Å². The Bertz CT molecular complexity index is 500. The summed E-state index contributed by atoms with van der Waals surface area (Å²) in [6.07, 6.45) is 0.985. The van der Waals surface area contributed by atoms with Crippen molar-refractivity contribution >= 4 is 0 Å². The second-order valence-corrected chi connectivity index (χ2v) is 3.76. The van der Waals surface area contributed by atoms with Gasteiger partial charge in [0.25, 0.3) is 0 Å². The molecule has 1 N–H and O–H groups in total. The Labute approximate surface area is 97.5 Å². The number of hydrogen-bond donors (Lipinski definition) is 1. The van der Waals surface area contributed by atoms with Crippen LogP contribution in [0.25, 0.3) is 0 Å². The van der Waals surface area contributed by atoms with Gasteiger partial charge in [0.05, 0.1) is 6.26 Å². The minimum Gasteiger partial charge on any atom is -0.469 e. The molecule has 0 fully saturated rings. The minimum absolute atomic E-state index is 0.179. The number of furan rings is 1. The number of halogens is 2. The summed E-state index contributed by atoms with van der Waals surface area (Å²) in [6.45, 7) is 1.88. The fourth-order valence-corrected chi connectivity index (χ4v) is 1.79. The molecule has 2 rings (SSSR count). The number of benzene rings is 1. The number of aliphatic hydroxyl groups is 1. The predicted molar refractivity (Wildman–Crippen MR) is 58.5 cm³/mol. The Morgan fingerprint density at radius 2 is 1.88 bits per heavy atom. The zero-order chi connectivity index (χ0) is 12.4. The summed E-state index contributed by atoms with van der Waals surface area (Å²) in [6, 6.07) is 4.60. The quantitative estimate of drug-likeness (QED) is 0.890. The van der Waals surface area contributed by atoms with Crippen molar-refractivity contribution in [1.82, 2.24) is 0 Å². The SMILES string of the molecule is CCc1occc1C(O)c1cc(F)cc(F)c1. The molecule has 0 aliphatic heterocycles. The molecule has 0 saturated heterocycles. The summed E-state index contributed by atoms with van der Waals surface area (Å²) in [5.41, 5.74) is 0.719. The lowest BCUT2D eigenvalue weighted by atomic mass is 10.0. The van der Waals surface area contributed by atoms with E-state index in [-0.39, 0.29) is 5.56 Å². The number of aryl methyl sites for hydroxylation is 1. The van der Waals surface area contributed by atoms with Crippen LogP contribution in [0.2, 0.25) is 0 Å². The van der Waals surface area contributed by atoms with Crippen LogP contribution >= 0.6 is 0 Å². The van der Waals surface area contributed by atoms with Crippen LogP contribution in [0.5, 0.6) is 0 Å². The van der Waals surface area contributed by atoms with Gasteiger partial charge in [-0.05, 0) is 23.8 Å². The van der Waals surface area contributed by atoms with Crippen LogP contribution in [0, 0.1) is 11.6 Å². The van der Waals surface area contributed by atoms with E-state index in [9.17, 15) is 13.9 Å². The van der Waals surface area contributed by atoms with Gasteiger partial charge >= 0.3 is 0 Å². The zero-order valence-corrected chi connectivity index (χ0v) is 9.28. The van der Waals surface area contributed by atoms with Gasteiger partial charge in [-0.3, -0.25) is 0 Å². The summed E-state index contributed by atoms with van der Waals surface area (Å²) >= 11 is 0. The van der Waals surface area contributed by atoms with Gasteiger partial charge in [-0.15, -0.1) is 0 Å². The molecule has 2 aromatic rings. The van der Waals surface area contributed by atoms with Crippen LogP contribution in [0.3, 0.4) is 0 Å².